The number of imidazole rings is 1. The molecule has 11 heteroatoms. The molecule has 0 unspecified atom stereocenters. The fourth-order valence-corrected chi connectivity index (χ4v) is 3.98. The number of hydrogen-bond acceptors (Lipinski definition) is 8. The van der Waals surface area contributed by atoms with Gasteiger partial charge in [-0.3, -0.25) is 9.36 Å². The van der Waals surface area contributed by atoms with E-state index in [0.717, 1.165) is 5.56 Å². The van der Waals surface area contributed by atoms with Crippen LogP contribution in [-0.2, 0) is 13.1 Å². The highest BCUT2D eigenvalue weighted by molar-refractivity contribution is 6.30. The second-order valence-corrected chi connectivity index (χ2v) is 9.56. The molecule has 2 aromatic carbocycles. The number of anilines is 2. The van der Waals surface area contributed by atoms with E-state index in [1.54, 1.807) is 67.3 Å². The molecule has 188 valence electrons. The Morgan fingerprint density at radius 1 is 1.08 bits per heavy atom. The van der Waals surface area contributed by atoms with E-state index < -0.39 is 11.2 Å². The second kappa shape index (κ2) is 10.00. The summed E-state index contributed by atoms with van der Waals surface area (Å²) in [6.45, 7) is 3.93. The van der Waals surface area contributed by atoms with E-state index in [2.05, 4.69) is 25.5 Å². The number of hydrogen-bond donors (Lipinski definition) is 2. The Bertz CT molecular complexity index is 1580. The number of nitrogens with zero attached hydrogens (tertiary/aromatic N) is 6. The SMILES string of the molecule is CC(C)(O)Cn1cnc2c1c(=O)nc(Nc1ccc(Oc3cccnn3)cc1)n2Cc1ccc(Cl)cc1. The van der Waals surface area contributed by atoms with Gasteiger partial charge in [0.2, 0.25) is 11.8 Å². The van der Waals surface area contributed by atoms with Crippen LogP contribution in [0.2, 0.25) is 5.02 Å². The van der Waals surface area contributed by atoms with E-state index in [-0.39, 0.29) is 6.54 Å². The van der Waals surface area contributed by atoms with Gasteiger partial charge in [0.1, 0.15) is 5.75 Å². The van der Waals surface area contributed by atoms with Crippen LogP contribution >= 0.6 is 11.6 Å². The van der Waals surface area contributed by atoms with Gasteiger partial charge < -0.3 is 19.7 Å². The van der Waals surface area contributed by atoms with Crippen molar-refractivity contribution < 1.29 is 9.84 Å². The number of halogens is 1. The molecule has 3 aromatic heterocycles. The lowest BCUT2D eigenvalue weighted by Gasteiger charge is -2.19. The van der Waals surface area contributed by atoms with Gasteiger partial charge in [0.25, 0.3) is 0 Å². The van der Waals surface area contributed by atoms with Crippen molar-refractivity contribution in [2.45, 2.75) is 32.5 Å². The molecule has 0 radical (unpaired) electrons. The Labute approximate surface area is 217 Å². The van der Waals surface area contributed by atoms with E-state index in [9.17, 15) is 9.90 Å². The van der Waals surface area contributed by atoms with E-state index >= 15 is 0 Å². The zero-order valence-electron chi connectivity index (χ0n) is 20.2. The normalized spacial score (nSPS) is 11.6. The van der Waals surface area contributed by atoms with Crippen molar-refractivity contribution in [3.8, 4) is 11.6 Å². The van der Waals surface area contributed by atoms with Crippen LogP contribution < -0.4 is 15.6 Å². The Balaban J connectivity index is 1.51. The number of nitrogens with one attached hydrogen (secondary N) is 1. The quantitative estimate of drug-likeness (QED) is 0.311. The number of fused-ring (bicyclic) bond motifs is 1. The lowest BCUT2D eigenvalue weighted by atomic mass is 10.1. The van der Waals surface area contributed by atoms with E-state index in [1.807, 2.05) is 28.8 Å². The Kier molecular flexibility index (Phi) is 6.60. The van der Waals surface area contributed by atoms with Crippen LogP contribution in [-0.4, -0.2) is 40.0 Å². The van der Waals surface area contributed by atoms with Crippen molar-refractivity contribution in [1.82, 2.24) is 29.3 Å². The minimum atomic E-state index is -1.03. The Morgan fingerprint density at radius 2 is 1.84 bits per heavy atom. The zero-order valence-corrected chi connectivity index (χ0v) is 20.9. The predicted octanol–water partition coefficient (Wildman–Crippen LogP) is 4.39. The van der Waals surface area contributed by atoms with Gasteiger partial charge in [0, 0.05) is 23.0 Å². The third kappa shape index (κ3) is 5.76. The maximum Gasteiger partial charge on any atom is 0.300 e. The molecule has 0 fully saturated rings. The summed E-state index contributed by atoms with van der Waals surface area (Å²) in [5, 5.41) is 21.9. The summed E-state index contributed by atoms with van der Waals surface area (Å²) in [7, 11) is 0. The van der Waals surface area contributed by atoms with Gasteiger partial charge >= 0.3 is 5.56 Å². The smallest absolute Gasteiger partial charge is 0.300 e. The van der Waals surface area contributed by atoms with Gasteiger partial charge in [-0.15, -0.1) is 5.10 Å². The minimum absolute atomic E-state index is 0.196. The molecular weight excluding hydrogens is 494 g/mol. The van der Waals surface area contributed by atoms with Crippen LogP contribution in [0.5, 0.6) is 11.6 Å². The minimum Gasteiger partial charge on any atom is -0.438 e. The molecule has 0 saturated heterocycles. The fraction of sp³-hybridized carbons (Fsp3) is 0.192. The van der Waals surface area contributed by atoms with E-state index in [1.165, 1.54) is 0 Å². The number of rotatable bonds is 8. The van der Waals surface area contributed by atoms with Crippen LogP contribution in [0.15, 0.2) is 78.0 Å². The molecule has 0 aliphatic heterocycles. The lowest BCUT2D eigenvalue weighted by Crippen LogP contribution is -2.28. The molecule has 10 nitrogen and oxygen atoms in total. The molecule has 3 heterocycles. The topological polar surface area (TPSA) is 120 Å². The molecular formula is C26H24ClN7O3. The first-order valence-corrected chi connectivity index (χ1v) is 11.9. The van der Waals surface area contributed by atoms with Crippen molar-refractivity contribution in [3.05, 3.63) is 94.1 Å². The van der Waals surface area contributed by atoms with E-state index in [4.69, 9.17) is 16.3 Å². The summed E-state index contributed by atoms with van der Waals surface area (Å²) in [6.07, 6.45) is 3.12. The molecule has 0 atom stereocenters. The number of benzene rings is 2. The molecule has 0 bridgehead atoms. The first-order valence-electron chi connectivity index (χ1n) is 11.5. The Hall–Kier alpha value is -4.28. The molecule has 5 aromatic rings. The maximum atomic E-state index is 13.1. The van der Waals surface area contributed by atoms with Gasteiger partial charge in [-0.2, -0.15) is 10.1 Å². The highest BCUT2D eigenvalue weighted by Crippen LogP contribution is 2.25. The van der Waals surface area contributed by atoms with Crippen LogP contribution in [0, 0.1) is 0 Å². The predicted molar refractivity (Wildman–Crippen MR) is 140 cm³/mol. The van der Waals surface area contributed by atoms with Crippen LogP contribution in [0.4, 0.5) is 11.6 Å². The third-order valence-electron chi connectivity index (χ3n) is 5.43. The molecule has 0 spiro atoms. The monoisotopic (exact) mass is 517 g/mol. The van der Waals surface area contributed by atoms with Gasteiger partial charge in [-0.1, -0.05) is 23.7 Å². The van der Waals surface area contributed by atoms with Crippen LogP contribution in [0.3, 0.4) is 0 Å². The van der Waals surface area contributed by atoms with Crippen LogP contribution in [0.1, 0.15) is 19.4 Å². The van der Waals surface area contributed by atoms with Gasteiger partial charge in [-0.25, -0.2) is 4.98 Å². The van der Waals surface area contributed by atoms with Crippen LogP contribution in [0.25, 0.3) is 11.2 Å². The van der Waals surface area contributed by atoms with Gasteiger partial charge in [0.15, 0.2) is 11.2 Å². The van der Waals surface area contributed by atoms with Gasteiger partial charge in [-0.05, 0) is 61.9 Å². The average molecular weight is 518 g/mol. The third-order valence-corrected chi connectivity index (χ3v) is 5.68. The highest BCUT2D eigenvalue weighted by atomic mass is 35.5. The molecule has 0 aliphatic rings. The summed E-state index contributed by atoms with van der Waals surface area (Å²) in [6, 6.07) is 18.0. The van der Waals surface area contributed by atoms with E-state index in [0.29, 0.717) is 46.0 Å². The molecule has 0 saturated carbocycles. The first-order chi connectivity index (χ1) is 17.7. The molecule has 2 N–H and O–H groups in total. The van der Waals surface area contributed by atoms with Crippen molar-refractivity contribution in [3.63, 3.8) is 0 Å². The summed E-state index contributed by atoms with van der Waals surface area (Å²) in [5.41, 5.74) is 0.919. The average Bonchev–Trinajstić information content (AvgIpc) is 3.27. The number of aromatic nitrogens is 6. The highest BCUT2D eigenvalue weighted by Gasteiger charge is 2.21. The summed E-state index contributed by atoms with van der Waals surface area (Å²) >= 11 is 6.07. The molecule has 5 rings (SSSR count). The van der Waals surface area contributed by atoms with Crippen molar-refractivity contribution in [2.24, 2.45) is 0 Å². The number of ether oxygens (including phenoxy) is 1. The van der Waals surface area contributed by atoms with Crippen molar-refractivity contribution in [2.75, 3.05) is 5.32 Å². The largest absolute Gasteiger partial charge is 0.438 e. The molecule has 0 amide bonds. The first kappa shape index (κ1) is 24.4. The summed E-state index contributed by atoms with van der Waals surface area (Å²) < 4.78 is 9.15. The van der Waals surface area contributed by atoms with Crippen molar-refractivity contribution in [1.29, 1.82) is 0 Å². The second-order valence-electron chi connectivity index (χ2n) is 9.12. The van der Waals surface area contributed by atoms with Gasteiger partial charge in [0.05, 0.1) is 25.0 Å². The maximum absolute atomic E-state index is 13.1. The summed E-state index contributed by atoms with van der Waals surface area (Å²) in [4.78, 5) is 22.0. The fourth-order valence-electron chi connectivity index (χ4n) is 3.85. The Morgan fingerprint density at radius 3 is 2.51 bits per heavy atom. The number of aliphatic hydroxyl groups is 1. The summed E-state index contributed by atoms with van der Waals surface area (Å²) in [5.74, 6) is 1.29. The zero-order chi connectivity index (χ0) is 26.0. The van der Waals surface area contributed by atoms with Crippen molar-refractivity contribution >= 4 is 34.4 Å². The standard InChI is InChI=1S/C26H24ClN7O3/c1-26(2,36)15-33-16-28-23-22(33)24(35)31-25(34(23)14-17-5-7-18(27)8-6-17)30-19-9-11-20(12-10-19)37-21-4-3-13-29-32-21/h3-13,16,36H,14-15H2,1-2H3,(H,30,31,35). The molecule has 0 aliphatic carbocycles. The lowest BCUT2D eigenvalue weighted by molar-refractivity contribution is 0.0626. The molecule has 37 heavy (non-hydrogen) atoms.